The monoisotopic (exact) mass is 414 g/mol. The molecule has 29 heavy (non-hydrogen) atoms. The maximum absolute atomic E-state index is 12.0. The summed E-state index contributed by atoms with van der Waals surface area (Å²) in [5.41, 5.74) is 6.46. The van der Waals surface area contributed by atoms with Crippen LogP contribution < -0.4 is 21.7 Å². The second-order valence-electron chi connectivity index (χ2n) is 7.92. The number of primary amides is 1. The highest BCUT2D eigenvalue weighted by Gasteiger charge is 2.47. The van der Waals surface area contributed by atoms with Crippen molar-refractivity contribution in [3.63, 3.8) is 0 Å². The maximum Gasteiger partial charge on any atom is 0.229 e. The number of rotatable bonds is 6. The van der Waals surface area contributed by atoms with Crippen LogP contribution in [0.2, 0.25) is 5.02 Å². The van der Waals surface area contributed by atoms with Crippen LogP contribution >= 0.6 is 11.6 Å². The van der Waals surface area contributed by atoms with Gasteiger partial charge in [-0.2, -0.15) is 10.1 Å². The van der Waals surface area contributed by atoms with E-state index in [1.54, 1.807) is 12.4 Å². The molecule has 3 aliphatic rings. The van der Waals surface area contributed by atoms with Crippen molar-refractivity contribution in [1.29, 1.82) is 0 Å². The van der Waals surface area contributed by atoms with Gasteiger partial charge in [0.25, 0.3) is 0 Å². The zero-order valence-electron chi connectivity index (χ0n) is 15.8. The highest BCUT2D eigenvalue weighted by molar-refractivity contribution is 6.32. The molecule has 2 aliphatic carbocycles. The van der Waals surface area contributed by atoms with Crippen molar-refractivity contribution in [1.82, 2.24) is 25.1 Å². The first kappa shape index (κ1) is 18.4. The van der Waals surface area contributed by atoms with Crippen LogP contribution in [0.4, 0.5) is 17.5 Å². The Hall–Kier alpha value is -2.65. The number of nitrogens with zero attached hydrogens (tertiary/aromatic N) is 4. The molecule has 9 nitrogen and oxygen atoms in total. The minimum Gasteiger partial charge on any atom is -0.369 e. The van der Waals surface area contributed by atoms with Crippen LogP contribution in [-0.2, 0) is 4.79 Å². The molecule has 1 saturated heterocycles. The van der Waals surface area contributed by atoms with E-state index in [0.29, 0.717) is 22.8 Å². The topological polar surface area (TPSA) is 123 Å². The van der Waals surface area contributed by atoms with Crippen molar-refractivity contribution in [3.05, 3.63) is 35.8 Å². The molecule has 0 aromatic carbocycles. The van der Waals surface area contributed by atoms with E-state index in [1.165, 1.54) is 0 Å². The smallest absolute Gasteiger partial charge is 0.229 e. The minimum atomic E-state index is -0.295. The lowest BCUT2D eigenvalue weighted by Crippen LogP contribution is -2.41. The van der Waals surface area contributed by atoms with Gasteiger partial charge in [0.1, 0.15) is 5.02 Å². The van der Waals surface area contributed by atoms with E-state index in [1.807, 2.05) is 10.9 Å². The number of carbonyl (C=O) groups is 1. The molecule has 2 fully saturated rings. The molecule has 152 valence electrons. The first-order chi connectivity index (χ1) is 14.1. The Bertz CT molecular complexity index is 953. The fourth-order valence-electron chi connectivity index (χ4n) is 4.69. The van der Waals surface area contributed by atoms with Crippen LogP contribution in [0.5, 0.6) is 0 Å². The van der Waals surface area contributed by atoms with Crippen molar-refractivity contribution in [2.45, 2.75) is 24.9 Å². The Balaban J connectivity index is 1.33. The number of anilines is 3. The first-order valence-electron chi connectivity index (χ1n) is 9.87. The van der Waals surface area contributed by atoms with Gasteiger partial charge in [0.05, 0.1) is 30.0 Å². The number of carbonyl (C=O) groups excluding carboxylic acids is 1. The highest BCUT2D eigenvalue weighted by Crippen LogP contribution is 2.45. The number of hydrogen-bond donors (Lipinski definition) is 4. The van der Waals surface area contributed by atoms with Crippen LogP contribution in [0.3, 0.4) is 0 Å². The number of halogens is 1. The molecule has 5 atom stereocenters. The molecule has 2 bridgehead atoms. The van der Waals surface area contributed by atoms with Gasteiger partial charge in [0, 0.05) is 18.8 Å². The quantitative estimate of drug-likeness (QED) is 0.530. The standard InChI is InChI=1S/C19H23ClN8O/c20-14-8-23-19(25-12-6-24-28(9-12)13-3-4-22-7-13)27-18(14)26-16-11-2-1-10(5-11)15(16)17(21)29/h1-2,6,8-11,13,15-16,22H,3-5,7H2,(H2,21,29)(H2,23,25,26,27)/t10?,11-,13+,15?,16+/m0/s1. The van der Waals surface area contributed by atoms with Crippen LogP contribution in [0.25, 0.3) is 0 Å². The van der Waals surface area contributed by atoms with Crippen molar-refractivity contribution in [3.8, 4) is 0 Å². The predicted octanol–water partition coefficient (Wildman–Crippen LogP) is 1.69. The molecule has 1 aliphatic heterocycles. The summed E-state index contributed by atoms with van der Waals surface area (Å²) in [7, 11) is 0. The Kier molecular flexibility index (Phi) is 4.63. The minimum absolute atomic E-state index is 0.111. The third kappa shape index (κ3) is 3.44. The van der Waals surface area contributed by atoms with Gasteiger partial charge in [-0.25, -0.2) is 4.98 Å². The lowest BCUT2D eigenvalue weighted by Gasteiger charge is -2.27. The average molecular weight is 415 g/mol. The largest absolute Gasteiger partial charge is 0.369 e. The Labute approximate surface area is 173 Å². The second-order valence-corrected chi connectivity index (χ2v) is 8.32. The van der Waals surface area contributed by atoms with Crippen LogP contribution in [0, 0.1) is 17.8 Å². The normalized spacial score (nSPS) is 30.0. The zero-order chi connectivity index (χ0) is 20.0. The van der Waals surface area contributed by atoms with Crippen molar-refractivity contribution >= 4 is 35.0 Å². The van der Waals surface area contributed by atoms with Gasteiger partial charge in [-0.15, -0.1) is 0 Å². The van der Waals surface area contributed by atoms with Crippen LogP contribution in [-0.4, -0.2) is 44.8 Å². The zero-order valence-corrected chi connectivity index (χ0v) is 16.5. The number of hydrogen-bond acceptors (Lipinski definition) is 7. The van der Waals surface area contributed by atoms with Crippen LogP contribution in [0.15, 0.2) is 30.7 Å². The van der Waals surface area contributed by atoms with E-state index >= 15 is 0 Å². The SMILES string of the molecule is NC(=O)C1C2C=C[C@@H](C2)[C@H]1Nc1nc(Nc2cnn([C@@H]3CCNC3)c2)ncc1Cl. The molecule has 1 amide bonds. The molecule has 2 aromatic rings. The molecule has 2 aromatic heterocycles. The van der Waals surface area contributed by atoms with Crippen molar-refractivity contribution < 1.29 is 4.79 Å². The second kappa shape index (κ2) is 7.31. The van der Waals surface area contributed by atoms with Gasteiger partial charge in [0.15, 0.2) is 5.82 Å². The molecule has 5 rings (SSSR count). The summed E-state index contributed by atoms with van der Waals surface area (Å²) in [5.74, 6) is 0.786. The van der Waals surface area contributed by atoms with Gasteiger partial charge in [-0.3, -0.25) is 9.48 Å². The lowest BCUT2D eigenvalue weighted by atomic mass is 9.88. The molecule has 0 radical (unpaired) electrons. The summed E-state index contributed by atoms with van der Waals surface area (Å²) in [6, 6.07) is 0.255. The van der Waals surface area contributed by atoms with E-state index in [4.69, 9.17) is 17.3 Å². The van der Waals surface area contributed by atoms with Gasteiger partial charge < -0.3 is 21.7 Å². The molecule has 3 heterocycles. The number of aromatic nitrogens is 4. The van der Waals surface area contributed by atoms with Gasteiger partial charge >= 0.3 is 0 Å². The predicted molar refractivity (Wildman–Crippen MR) is 110 cm³/mol. The van der Waals surface area contributed by atoms with E-state index in [2.05, 4.69) is 43.2 Å². The fraction of sp³-hybridized carbons (Fsp3) is 0.474. The van der Waals surface area contributed by atoms with Crippen molar-refractivity contribution in [2.24, 2.45) is 23.5 Å². The van der Waals surface area contributed by atoms with E-state index in [9.17, 15) is 4.79 Å². The Morgan fingerprint density at radius 2 is 2.17 bits per heavy atom. The summed E-state index contributed by atoms with van der Waals surface area (Å²) in [6.45, 7) is 1.93. The molecular weight excluding hydrogens is 392 g/mol. The number of nitrogens with two attached hydrogens (primary N) is 1. The van der Waals surface area contributed by atoms with Crippen molar-refractivity contribution in [2.75, 3.05) is 23.7 Å². The molecule has 5 N–H and O–H groups in total. The average Bonchev–Trinajstić information content (AvgIpc) is 3.48. The van der Waals surface area contributed by atoms with E-state index < -0.39 is 0 Å². The number of allylic oxidation sites excluding steroid dienone is 1. The first-order valence-corrected chi connectivity index (χ1v) is 10.2. The Morgan fingerprint density at radius 3 is 2.97 bits per heavy atom. The molecule has 1 saturated carbocycles. The molecule has 0 spiro atoms. The summed E-state index contributed by atoms with van der Waals surface area (Å²) in [6.07, 6.45) is 11.5. The van der Waals surface area contributed by atoms with Gasteiger partial charge in [0.2, 0.25) is 11.9 Å². The number of amides is 1. The lowest BCUT2D eigenvalue weighted by molar-refractivity contribution is -0.122. The molecule has 2 unspecified atom stereocenters. The third-order valence-electron chi connectivity index (χ3n) is 6.10. The van der Waals surface area contributed by atoms with E-state index in [0.717, 1.165) is 31.6 Å². The summed E-state index contributed by atoms with van der Waals surface area (Å²) >= 11 is 6.32. The van der Waals surface area contributed by atoms with Gasteiger partial charge in [-0.1, -0.05) is 23.8 Å². The number of fused-ring (bicyclic) bond motifs is 2. The van der Waals surface area contributed by atoms with Gasteiger partial charge in [-0.05, 0) is 31.2 Å². The van der Waals surface area contributed by atoms with Crippen LogP contribution in [0.1, 0.15) is 18.9 Å². The summed E-state index contributed by atoms with van der Waals surface area (Å²) in [4.78, 5) is 20.7. The summed E-state index contributed by atoms with van der Waals surface area (Å²) < 4.78 is 1.95. The van der Waals surface area contributed by atoms with E-state index in [-0.39, 0.29) is 29.7 Å². The highest BCUT2D eigenvalue weighted by atomic mass is 35.5. The Morgan fingerprint density at radius 1 is 1.31 bits per heavy atom. The molecular formula is C19H23ClN8O. The molecule has 10 heteroatoms. The summed E-state index contributed by atoms with van der Waals surface area (Å²) in [5, 5.41) is 14.7. The maximum atomic E-state index is 12.0. The third-order valence-corrected chi connectivity index (χ3v) is 6.38. The number of nitrogens with one attached hydrogen (secondary N) is 3. The fourth-order valence-corrected chi connectivity index (χ4v) is 4.84.